The van der Waals surface area contributed by atoms with Crippen LogP contribution in [0.3, 0.4) is 0 Å². The van der Waals surface area contributed by atoms with E-state index in [1.54, 1.807) is 0 Å². The fourth-order valence-corrected chi connectivity index (χ4v) is 4.17. The molecule has 0 saturated heterocycles. The van der Waals surface area contributed by atoms with Crippen molar-refractivity contribution in [3.63, 3.8) is 0 Å². The van der Waals surface area contributed by atoms with E-state index in [1.165, 1.54) is 36.4 Å². The zero-order valence-corrected chi connectivity index (χ0v) is 22.6. The Morgan fingerprint density at radius 2 is 0.762 bits per heavy atom. The van der Waals surface area contributed by atoms with Crippen LogP contribution in [0.2, 0.25) is 0 Å². The third kappa shape index (κ3) is 9.09. The summed E-state index contributed by atoms with van der Waals surface area (Å²) in [6, 6.07) is 12.1. The summed E-state index contributed by atoms with van der Waals surface area (Å²) in [5, 5.41) is 0. The summed E-state index contributed by atoms with van der Waals surface area (Å²) >= 11 is 0. The van der Waals surface area contributed by atoms with Crippen LogP contribution in [0, 0.1) is 0 Å². The van der Waals surface area contributed by atoms with Gasteiger partial charge in [0.05, 0.1) is 64.0 Å². The van der Waals surface area contributed by atoms with Gasteiger partial charge in [-0.15, -0.1) is 0 Å². The first kappa shape index (κ1) is 31.6. The van der Waals surface area contributed by atoms with Crippen molar-refractivity contribution >= 4 is 0 Å². The largest absolute Gasteiger partial charge is 0.487 e. The summed E-state index contributed by atoms with van der Waals surface area (Å²) in [4.78, 5) is 0. The molecule has 3 aromatic rings. The van der Waals surface area contributed by atoms with Crippen molar-refractivity contribution in [1.29, 1.82) is 0 Å². The molecule has 228 valence electrons. The summed E-state index contributed by atoms with van der Waals surface area (Å²) in [6.45, 7) is 2.61. The molecule has 0 saturated carbocycles. The lowest BCUT2D eigenvalue weighted by molar-refractivity contribution is -0.138. The topological polar surface area (TPSA) is 55.4 Å². The molecule has 12 heteroatoms. The average molecular weight is 601 g/mol. The lowest BCUT2D eigenvalue weighted by atomic mass is 9.92. The molecule has 0 fully saturated rings. The van der Waals surface area contributed by atoms with E-state index in [0.29, 0.717) is 39.6 Å². The first-order valence-corrected chi connectivity index (χ1v) is 13.2. The van der Waals surface area contributed by atoms with Crippen LogP contribution < -0.4 is 9.47 Å². The predicted octanol–water partition coefficient (Wildman–Crippen LogP) is 6.90. The molecule has 0 bridgehead atoms. The molecule has 0 aliphatic carbocycles. The summed E-state index contributed by atoms with van der Waals surface area (Å²) in [5.74, 6) is 0.366. The summed E-state index contributed by atoms with van der Waals surface area (Å²) < 4.78 is 115. The number of benzene rings is 3. The SMILES string of the molecule is FC(F)(F)c1cccc(-c2cc3c(cc2-c2cccc(C(F)(F)F)c2)OCCOCCOCCOCCOCCO3)c1. The summed E-state index contributed by atoms with van der Waals surface area (Å²) in [5.41, 5.74) is -1.06. The molecule has 42 heavy (non-hydrogen) atoms. The van der Waals surface area contributed by atoms with E-state index in [-0.39, 0.29) is 60.2 Å². The Morgan fingerprint density at radius 3 is 1.10 bits per heavy atom. The second-order valence-corrected chi connectivity index (χ2v) is 9.15. The van der Waals surface area contributed by atoms with E-state index in [9.17, 15) is 26.3 Å². The third-order valence-corrected chi connectivity index (χ3v) is 6.17. The third-order valence-electron chi connectivity index (χ3n) is 6.17. The fraction of sp³-hybridized carbons (Fsp3) is 0.400. The van der Waals surface area contributed by atoms with Gasteiger partial charge in [0.1, 0.15) is 13.2 Å². The Balaban J connectivity index is 1.76. The van der Waals surface area contributed by atoms with Crippen LogP contribution in [0.15, 0.2) is 60.7 Å². The highest BCUT2D eigenvalue weighted by Crippen LogP contribution is 2.43. The Labute approximate surface area is 239 Å². The summed E-state index contributed by atoms with van der Waals surface area (Å²) in [7, 11) is 0. The predicted molar refractivity (Wildman–Crippen MR) is 142 cm³/mol. The van der Waals surface area contributed by atoms with Crippen molar-refractivity contribution in [1.82, 2.24) is 0 Å². The highest BCUT2D eigenvalue weighted by atomic mass is 19.4. The molecule has 0 aromatic heterocycles. The van der Waals surface area contributed by atoms with E-state index < -0.39 is 23.5 Å². The van der Waals surface area contributed by atoms with Gasteiger partial charge in [0, 0.05) is 0 Å². The Bertz CT molecular complexity index is 1200. The maximum absolute atomic E-state index is 13.6. The molecule has 1 aliphatic rings. The van der Waals surface area contributed by atoms with E-state index in [2.05, 4.69) is 0 Å². The average Bonchev–Trinajstić information content (AvgIpc) is 2.96. The standard InChI is InChI=1S/C30H30F6O6/c31-29(32,33)23-5-1-3-21(17-23)25-19-27-28(20-26(25)22-4-2-6-24(18-22)30(34,35)36)42-16-14-40-12-10-38-8-7-37-9-11-39-13-15-41-27/h1-6,17-20H,7-16H2. The first-order valence-electron chi connectivity index (χ1n) is 13.2. The molecular formula is C30H30F6O6. The van der Waals surface area contributed by atoms with Crippen LogP contribution in [0.4, 0.5) is 26.3 Å². The number of fused-ring (bicyclic) bond motifs is 1. The molecule has 0 spiro atoms. The molecule has 0 radical (unpaired) electrons. The van der Waals surface area contributed by atoms with Crippen molar-refractivity contribution in [2.45, 2.75) is 12.4 Å². The zero-order chi connectivity index (χ0) is 30.0. The van der Waals surface area contributed by atoms with Crippen LogP contribution in [0.5, 0.6) is 11.5 Å². The minimum absolute atomic E-state index is 0.0703. The smallest absolute Gasteiger partial charge is 0.416 e. The van der Waals surface area contributed by atoms with Gasteiger partial charge in [-0.2, -0.15) is 26.3 Å². The maximum atomic E-state index is 13.6. The van der Waals surface area contributed by atoms with Crippen molar-refractivity contribution in [2.24, 2.45) is 0 Å². The Hall–Kier alpha value is -3.32. The Kier molecular flexibility index (Phi) is 11.1. The van der Waals surface area contributed by atoms with Gasteiger partial charge in [0.15, 0.2) is 11.5 Å². The van der Waals surface area contributed by atoms with Crippen molar-refractivity contribution in [2.75, 3.05) is 66.1 Å². The molecular weight excluding hydrogens is 570 g/mol. The second-order valence-electron chi connectivity index (χ2n) is 9.15. The monoisotopic (exact) mass is 600 g/mol. The molecule has 0 atom stereocenters. The van der Waals surface area contributed by atoms with E-state index in [4.69, 9.17) is 28.4 Å². The van der Waals surface area contributed by atoms with Gasteiger partial charge >= 0.3 is 12.4 Å². The normalized spacial score (nSPS) is 16.8. The van der Waals surface area contributed by atoms with E-state index in [0.717, 1.165) is 24.3 Å². The zero-order valence-electron chi connectivity index (χ0n) is 22.6. The number of halogens is 6. The molecule has 0 amide bonds. The highest BCUT2D eigenvalue weighted by Gasteiger charge is 2.32. The van der Waals surface area contributed by atoms with Crippen molar-refractivity contribution in [3.8, 4) is 33.8 Å². The Morgan fingerprint density at radius 1 is 0.429 bits per heavy atom. The molecule has 0 unspecified atom stereocenters. The molecule has 3 aromatic carbocycles. The van der Waals surface area contributed by atoms with Crippen LogP contribution >= 0.6 is 0 Å². The van der Waals surface area contributed by atoms with Crippen LogP contribution in [-0.4, -0.2) is 66.1 Å². The van der Waals surface area contributed by atoms with Crippen molar-refractivity contribution < 1.29 is 54.8 Å². The van der Waals surface area contributed by atoms with Gasteiger partial charge in [0.2, 0.25) is 0 Å². The quantitative estimate of drug-likeness (QED) is 0.299. The van der Waals surface area contributed by atoms with Crippen LogP contribution in [0.25, 0.3) is 22.3 Å². The molecule has 6 nitrogen and oxygen atoms in total. The van der Waals surface area contributed by atoms with E-state index >= 15 is 0 Å². The van der Waals surface area contributed by atoms with Crippen LogP contribution in [0.1, 0.15) is 11.1 Å². The number of alkyl halides is 6. The first-order chi connectivity index (χ1) is 20.1. The van der Waals surface area contributed by atoms with E-state index in [1.807, 2.05) is 0 Å². The van der Waals surface area contributed by atoms with Gasteiger partial charge in [-0.3, -0.25) is 0 Å². The number of rotatable bonds is 2. The highest BCUT2D eigenvalue weighted by molar-refractivity contribution is 5.86. The maximum Gasteiger partial charge on any atom is 0.416 e. The molecule has 1 aliphatic heterocycles. The molecule has 0 N–H and O–H groups in total. The van der Waals surface area contributed by atoms with Gasteiger partial charge in [0.25, 0.3) is 0 Å². The number of hydrogen-bond donors (Lipinski definition) is 0. The molecule has 4 rings (SSSR count). The number of hydrogen-bond acceptors (Lipinski definition) is 6. The van der Waals surface area contributed by atoms with Gasteiger partial charge in [-0.1, -0.05) is 24.3 Å². The summed E-state index contributed by atoms with van der Waals surface area (Å²) in [6.07, 6.45) is -9.25. The van der Waals surface area contributed by atoms with Crippen LogP contribution in [-0.2, 0) is 31.3 Å². The lowest BCUT2D eigenvalue weighted by Gasteiger charge is -2.20. The fourth-order valence-electron chi connectivity index (χ4n) is 4.17. The van der Waals surface area contributed by atoms with Gasteiger partial charge in [-0.25, -0.2) is 0 Å². The number of ether oxygens (including phenoxy) is 6. The second kappa shape index (κ2) is 14.7. The lowest BCUT2D eigenvalue weighted by Crippen LogP contribution is -2.16. The van der Waals surface area contributed by atoms with Gasteiger partial charge < -0.3 is 28.4 Å². The minimum atomic E-state index is -4.62. The van der Waals surface area contributed by atoms with Crippen molar-refractivity contribution in [3.05, 3.63) is 71.8 Å². The minimum Gasteiger partial charge on any atom is -0.487 e. The molecule has 1 heterocycles. The van der Waals surface area contributed by atoms with Gasteiger partial charge in [-0.05, 0) is 58.7 Å².